The summed E-state index contributed by atoms with van der Waals surface area (Å²) in [4.78, 5) is 25.8. The molecule has 0 radical (unpaired) electrons. The molecule has 1 rings (SSSR count). The molecule has 1 unspecified atom stereocenters. The van der Waals surface area contributed by atoms with Gasteiger partial charge in [0.2, 0.25) is 5.91 Å². The van der Waals surface area contributed by atoms with E-state index in [4.69, 9.17) is 0 Å². The summed E-state index contributed by atoms with van der Waals surface area (Å²) in [5.41, 5.74) is 0.696. The predicted molar refractivity (Wildman–Crippen MR) is 58.7 cm³/mol. The van der Waals surface area contributed by atoms with Crippen molar-refractivity contribution in [2.45, 2.75) is 26.2 Å². The lowest BCUT2D eigenvalue weighted by atomic mass is 9.99. The lowest BCUT2D eigenvalue weighted by Crippen LogP contribution is -2.27. The van der Waals surface area contributed by atoms with Gasteiger partial charge in [0.05, 0.1) is 0 Å². The molecule has 0 aromatic carbocycles. The summed E-state index contributed by atoms with van der Waals surface area (Å²) in [6.07, 6.45) is 6.23. The zero-order valence-electron chi connectivity index (χ0n) is 8.90. The minimum absolute atomic E-state index is 0.0611. The molecule has 82 valence electrons. The van der Waals surface area contributed by atoms with Crippen molar-refractivity contribution in [3.63, 3.8) is 0 Å². The topological polar surface area (TPSA) is 58.5 Å². The van der Waals surface area contributed by atoms with E-state index in [-0.39, 0.29) is 11.8 Å². The van der Waals surface area contributed by atoms with E-state index >= 15 is 0 Å². The molecule has 4 nitrogen and oxygen atoms in total. The van der Waals surface area contributed by atoms with Crippen LogP contribution in [0, 0.1) is 5.92 Å². The first-order valence-corrected chi connectivity index (χ1v) is 5.16. The molecule has 0 spiro atoms. The molecule has 0 saturated carbocycles. The van der Waals surface area contributed by atoms with E-state index in [0.717, 1.165) is 12.7 Å². The SMILES string of the molecule is CC=N/C=C1\CCC(CC=O)CNC1=O. The molecule has 1 heterocycles. The zero-order chi connectivity index (χ0) is 11.1. The summed E-state index contributed by atoms with van der Waals surface area (Å²) in [5.74, 6) is 0.206. The monoisotopic (exact) mass is 208 g/mol. The van der Waals surface area contributed by atoms with Crippen LogP contribution in [-0.2, 0) is 9.59 Å². The standard InChI is InChI=1S/C11H16N2O2/c1-2-12-8-10-4-3-9(5-6-14)7-13-11(10)15/h2,6,8-9H,3-5,7H2,1H3,(H,13,15)/b10-8+,12-2?. The fraction of sp³-hybridized carbons (Fsp3) is 0.545. The molecule has 0 bridgehead atoms. The largest absolute Gasteiger partial charge is 0.352 e. The van der Waals surface area contributed by atoms with Gasteiger partial charge in [-0.05, 0) is 25.7 Å². The Balaban J connectivity index is 2.62. The van der Waals surface area contributed by atoms with Gasteiger partial charge in [-0.15, -0.1) is 0 Å². The number of carbonyl (C=O) groups is 2. The molecule has 15 heavy (non-hydrogen) atoms. The molecular formula is C11H16N2O2. The molecule has 1 saturated heterocycles. The van der Waals surface area contributed by atoms with Crippen LogP contribution < -0.4 is 5.32 Å². The van der Waals surface area contributed by atoms with E-state index in [1.807, 2.05) is 0 Å². The fourth-order valence-corrected chi connectivity index (χ4v) is 1.55. The summed E-state index contributed by atoms with van der Waals surface area (Å²) in [5, 5.41) is 2.80. The minimum Gasteiger partial charge on any atom is -0.352 e. The van der Waals surface area contributed by atoms with Gasteiger partial charge in [-0.2, -0.15) is 0 Å². The fourth-order valence-electron chi connectivity index (χ4n) is 1.55. The average molecular weight is 208 g/mol. The lowest BCUT2D eigenvalue weighted by Gasteiger charge is -2.08. The molecular weight excluding hydrogens is 192 g/mol. The maximum absolute atomic E-state index is 11.5. The second kappa shape index (κ2) is 6.11. The number of aldehydes is 1. The summed E-state index contributed by atoms with van der Waals surface area (Å²) >= 11 is 0. The van der Waals surface area contributed by atoms with Crippen molar-refractivity contribution < 1.29 is 9.59 Å². The Morgan fingerprint density at radius 2 is 2.40 bits per heavy atom. The Labute approximate surface area is 89.5 Å². The van der Waals surface area contributed by atoms with Crippen molar-refractivity contribution in [1.29, 1.82) is 0 Å². The summed E-state index contributed by atoms with van der Waals surface area (Å²) in [6, 6.07) is 0. The third-order valence-electron chi connectivity index (χ3n) is 2.47. The molecule has 1 N–H and O–H groups in total. The van der Waals surface area contributed by atoms with E-state index < -0.39 is 0 Å². The van der Waals surface area contributed by atoms with Crippen LogP contribution >= 0.6 is 0 Å². The third-order valence-corrected chi connectivity index (χ3v) is 2.47. The van der Waals surface area contributed by atoms with Crippen LogP contribution in [0.1, 0.15) is 26.2 Å². The van der Waals surface area contributed by atoms with Crippen molar-refractivity contribution in [3.8, 4) is 0 Å². The smallest absolute Gasteiger partial charge is 0.248 e. The van der Waals surface area contributed by atoms with E-state index in [1.165, 1.54) is 0 Å². The van der Waals surface area contributed by atoms with Crippen LogP contribution in [0.2, 0.25) is 0 Å². The van der Waals surface area contributed by atoms with Gasteiger partial charge in [-0.3, -0.25) is 9.79 Å². The molecule has 0 aromatic heterocycles. The second-order valence-corrected chi connectivity index (χ2v) is 3.58. The summed E-state index contributed by atoms with van der Waals surface area (Å²) in [6.45, 7) is 2.39. The number of aliphatic imine (C=N–C) groups is 1. The first kappa shape index (κ1) is 11.6. The van der Waals surface area contributed by atoms with Gasteiger partial charge in [0, 0.05) is 31.0 Å². The Hall–Kier alpha value is -1.45. The Kier molecular flexibility index (Phi) is 4.74. The van der Waals surface area contributed by atoms with Gasteiger partial charge in [0.25, 0.3) is 0 Å². The van der Waals surface area contributed by atoms with Gasteiger partial charge in [0.1, 0.15) is 6.29 Å². The van der Waals surface area contributed by atoms with Crippen molar-refractivity contribution >= 4 is 18.4 Å². The number of carbonyl (C=O) groups excluding carboxylic acids is 2. The van der Waals surface area contributed by atoms with Gasteiger partial charge >= 0.3 is 0 Å². The average Bonchev–Trinajstić information content (AvgIpc) is 2.40. The number of nitrogens with one attached hydrogen (secondary N) is 1. The highest BCUT2D eigenvalue weighted by Crippen LogP contribution is 2.18. The van der Waals surface area contributed by atoms with E-state index in [0.29, 0.717) is 25.0 Å². The van der Waals surface area contributed by atoms with Crippen LogP contribution in [0.3, 0.4) is 0 Å². The maximum atomic E-state index is 11.5. The van der Waals surface area contributed by atoms with E-state index in [9.17, 15) is 9.59 Å². The highest BCUT2D eigenvalue weighted by molar-refractivity contribution is 5.93. The zero-order valence-corrected chi connectivity index (χ0v) is 8.90. The molecule has 1 aliphatic rings. The molecule has 1 amide bonds. The maximum Gasteiger partial charge on any atom is 0.248 e. The minimum atomic E-state index is -0.0611. The molecule has 1 atom stereocenters. The van der Waals surface area contributed by atoms with Gasteiger partial charge in [-0.1, -0.05) is 0 Å². The second-order valence-electron chi connectivity index (χ2n) is 3.58. The van der Waals surface area contributed by atoms with Crippen LogP contribution in [0.15, 0.2) is 16.8 Å². The molecule has 4 heteroatoms. The Bertz CT molecular complexity index is 295. The van der Waals surface area contributed by atoms with E-state index in [2.05, 4.69) is 10.3 Å². The predicted octanol–water partition coefficient (Wildman–Crippen LogP) is 1.08. The first-order chi connectivity index (χ1) is 7.27. The first-order valence-electron chi connectivity index (χ1n) is 5.16. The van der Waals surface area contributed by atoms with Crippen LogP contribution in [0.5, 0.6) is 0 Å². The quantitative estimate of drug-likeness (QED) is 0.428. The number of hydrogen-bond donors (Lipinski definition) is 1. The number of rotatable bonds is 3. The van der Waals surface area contributed by atoms with Crippen LogP contribution in [-0.4, -0.2) is 25.0 Å². The summed E-state index contributed by atoms with van der Waals surface area (Å²) < 4.78 is 0. The normalized spacial score (nSPS) is 25.3. The molecule has 0 aromatic rings. The number of nitrogens with zero attached hydrogens (tertiary/aromatic N) is 1. The highest BCUT2D eigenvalue weighted by Gasteiger charge is 2.19. The van der Waals surface area contributed by atoms with E-state index in [1.54, 1.807) is 19.3 Å². The van der Waals surface area contributed by atoms with Crippen LogP contribution in [0.25, 0.3) is 0 Å². The van der Waals surface area contributed by atoms with Gasteiger partial charge in [0.15, 0.2) is 0 Å². The Morgan fingerprint density at radius 3 is 3.07 bits per heavy atom. The molecule has 0 aliphatic carbocycles. The van der Waals surface area contributed by atoms with Crippen molar-refractivity contribution in [2.24, 2.45) is 10.9 Å². The van der Waals surface area contributed by atoms with Gasteiger partial charge in [-0.25, -0.2) is 0 Å². The van der Waals surface area contributed by atoms with Crippen molar-refractivity contribution in [2.75, 3.05) is 6.54 Å². The molecule has 1 fully saturated rings. The van der Waals surface area contributed by atoms with Crippen LogP contribution in [0.4, 0.5) is 0 Å². The third kappa shape index (κ3) is 3.65. The van der Waals surface area contributed by atoms with Crippen molar-refractivity contribution in [3.05, 3.63) is 11.8 Å². The lowest BCUT2D eigenvalue weighted by molar-refractivity contribution is -0.117. The Morgan fingerprint density at radius 1 is 1.60 bits per heavy atom. The van der Waals surface area contributed by atoms with Crippen molar-refractivity contribution in [1.82, 2.24) is 5.32 Å². The molecule has 1 aliphatic heterocycles. The van der Waals surface area contributed by atoms with Gasteiger partial charge < -0.3 is 10.1 Å². The summed E-state index contributed by atoms with van der Waals surface area (Å²) in [7, 11) is 0. The number of amides is 1. The highest BCUT2D eigenvalue weighted by atomic mass is 16.1. The number of hydrogen-bond acceptors (Lipinski definition) is 3.